The van der Waals surface area contributed by atoms with E-state index in [4.69, 9.17) is 21.4 Å². The number of nitriles is 1. The molecule has 2 aromatic rings. The molecule has 2 heterocycles. The normalized spacial score (nSPS) is 23.9. The molecule has 0 fully saturated rings. The maximum atomic E-state index is 11.4. The highest BCUT2D eigenvalue weighted by Gasteiger charge is 2.45. The second-order valence-electron chi connectivity index (χ2n) is 7.74. The Morgan fingerprint density at radius 1 is 1.30 bits per heavy atom. The van der Waals surface area contributed by atoms with Crippen LogP contribution < -0.4 is 5.01 Å². The van der Waals surface area contributed by atoms with Crippen molar-refractivity contribution in [2.75, 3.05) is 11.6 Å². The van der Waals surface area contributed by atoms with Crippen LogP contribution in [0.2, 0.25) is 5.02 Å². The van der Waals surface area contributed by atoms with E-state index in [1.54, 1.807) is 30.5 Å². The number of hydrogen-bond acceptors (Lipinski definition) is 5. The summed E-state index contributed by atoms with van der Waals surface area (Å²) < 4.78 is 5.51. The Balaban J connectivity index is 1.60. The third-order valence-corrected chi connectivity index (χ3v) is 6.41. The van der Waals surface area contributed by atoms with Crippen molar-refractivity contribution in [3.05, 3.63) is 76.0 Å². The van der Waals surface area contributed by atoms with Crippen molar-refractivity contribution in [2.45, 2.75) is 18.9 Å². The molecule has 150 valence electrons. The standard InChI is InChI=1S/C23H18ClN3O3/c24-20-10-17(4-1-15(20)11-25)27-22(16-7-8-30-12-16)19-6-2-13-9-14(23(28)29)3-5-18(13)21(19)26-27/h1,3-5,7-10,16,19,22H,2,6,12H2,(H,28,29). The lowest BCUT2D eigenvalue weighted by molar-refractivity contribution is 0.0696. The number of carbonyl (C=O) groups is 1. The number of aromatic carboxylic acids is 1. The van der Waals surface area contributed by atoms with E-state index in [0.717, 1.165) is 35.4 Å². The molecular weight excluding hydrogens is 402 g/mol. The van der Waals surface area contributed by atoms with Crippen LogP contribution in [0.3, 0.4) is 0 Å². The molecule has 3 aliphatic rings. The van der Waals surface area contributed by atoms with Crippen molar-refractivity contribution in [1.29, 1.82) is 5.26 Å². The van der Waals surface area contributed by atoms with Gasteiger partial charge in [-0.05, 0) is 54.8 Å². The summed E-state index contributed by atoms with van der Waals surface area (Å²) in [6, 6.07) is 12.8. The van der Waals surface area contributed by atoms with Gasteiger partial charge in [0, 0.05) is 17.4 Å². The van der Waals surface area contributed by atoms with Crippen molar-refractivity contribution >= 4 is 29.0 Å². The van der Waals surface area contributed by atoms with Gasteiger partial charge in [-0.3, -0.25) is 5.01 Å². The third kappa shape index (κ3) is 2.94. The highest BCUT2D eigenvalue weighted by Crippen LogP contribution is 2.42. The van der Waals surface area contributed by atoms with E-state index in [1.165, 1.54) is 0 Å². The molecule has 0 amide bonds. The minimum absolute atomic E-state index is 0.0649. The molecule has 0 aromatic heterocycles. The quantitative estimate of drug-likeness (QED) is 0.804. The van der Waals surface area contributed by atoms with Gasteiger partial charge in [-0.15, -0.1) is 0 Å². The maximum Gasteiger partial charge on any atom is 0.335 e. The summed E-state index contributed by atoms with van der Waals surface area (Å²) in [5.74, 6) is -0.558. The van der Waals surface area contributed by atoms with Gasteiger partial charge in [-0.1, -0.05) is 17.7 Å². The van der Waals surface area contributed by atoms with E-state index in [9.17, 15) is 15.2 Å². The average molecular weight is 420 g/mol. The Hall–Kier alpha value is -3.30. The first kappa shape index (κ1) is 18.7. The van der Waals surface area contributed by atoms with Crippen LogP contribution in [-0.2, 0) is 11.2 Å². The van der Waals surface area contributed by atoms with Crippen molar-refractivity contribution in [3.8, 4) is 6.07 Å². The number of anilines is 1. The van der Waals surface area contributed by atoms with Crippen molar-refractivity contribution in [2.24, 2.45) is 16.9 Å². The Labute approximate surface area is 178 Å². The first-order valence-electron chi connectivity index (χ1n) is 9.79. The molecule has 5 rings (SSSR count). The Morgan fingerprint density at radius 2 is 2.17 bits per heavy atom. The summed E-state index contributed by atoms with van der Waals surface area (Å²) in [7, 11) is 0. The van der Waals surface area contributed by atoms with Gasteiger partial charge >= 0.3 is 5.97 Å². The second-order valence-corrected chi connectivity index (χ2v) is 8.15. The van der Waals surface area contributed by atoms with Crippen LogP contribution in [0.4, 0.5) is 5.69 Å². The fourth-order valence-electron chi connectivity index (χ4n) is 4.68. The summed E-state index contributed by atoms with van der Waals surface area (Å²) in [6.45, 7) is 0.593. The highest BCUT2D eigenvalue weighted by molar-refractivity contribution is 6.32. The molecule has 1 aliphatic carbocycles. The Morgan fingerprint density at radius 3 is 2.87 bits per heavy atom. The zero-order valence-corrected chi connectivity index (χ0v) is 16.7. The monoisotopic (exact) mass is 419 g/mol. The molecule has 3 atom stereocenters. The summed E-state index contributed by atoms with van der Waals surface area (Å²) >= 11 is 6.30. The minimum atomic E-state index is -0.923. The summed E-state index contributed by atoms with van der Waals surface area (Å²) in [5.41, 5.74) is 4.55. The number of hydrazone groups is 1. The maximum absolute atomic E-state index is 11.4. The van der Waals surface area contributed by atoms with Gasteiger partial charge in [0.25, 0.3) is 0 Å². The molecule has 0 saturated heterocycles. The highest BCUT2D eigenvalue weighted by atomic mass is 35.5. The molecule has 3 unspecified atom stereocenters. The van der Waals surface area contributed by atoms with Crippen molar-refractivity contribution in [3.63, 3.8) is 0 Å². The zero-order valence-electron chi connectivity index (χ0n) is 16.0. The largest absolute Gasteiger partial charge is 0.501 e. The van der Waals surface area contributed by atoms with E-state index in [-0.39, 0.29) is 17.9 Å². The van der Waals surface area contributed by atoms with Gasteiger partial charge in [-0.2, -0.15) is 10.4 Å². The third-order valence-electron chi connectivity index (χ3n) is 6.10. The number of benzene rings is 2. The fourth-order valence-corrected chi connectivity index (χ4v) is 4.90. The van der Waals surface area contributed by atoms with Crippen molar-refractivity contribution < 1.29 is 14.6 Å². The lowest BCUT2D eigenvalue weighted by atomic mass is 9.75. The molecule has 0 spiro atoms. The van der Waals surface area contributed by atoms with Crippen LogP contribution in [0.5, 0.6) is 0 Å². The SMILES string of the molecule is N#Cc1ccc(N2N=C3c4ccc(C(=O)O)cc4CCC3C2C2C=COC2)cc1Cl. The molecule has 7 heteroatoms. The Kier molecular flexibility index (Phi) is 4.48. The average Bonchev–Trinajstić information content (AvgIpc) is 3.40. The molecule has 0 bridgehead atoms. The molecule has 2 aliphatic heterocycles. The lowest BCUT2D eigenvalue weighted by Crippen LogP contribution is -2.41. The minimum Gasteiger partial charge on any atom is -0.501 e. The van der Waals surface area contributed by atoms with E-state index in [0.29, 0.717) is 22.8 Å². The topological polar surface area (TPSA) is 85.9 Å². The molecular formula is C23H18ClN3O3. The predicted octanol–water partition coefficient (Wildman–Crippen LogP) is 4.23. The van der Waals surface area contributed by atoms with Crippen LogP contribution in [0.25, 0.3) is 0 Å². The van der Waals surface area contributed by atoms with Gasteiger partial charge in [0.05, 0.1) is 46.5 Å². The van der Waals surface area contributed by atoms with Gasteiger partial charge < -0.3 is 9.84 Å². The summed E-state index contributed by atoms with van der Waals surface area (Å²) in [6.07, 6.45) is 5.49. The predicted molar refractivity (Wildman–Crippen MR) is 113 cm³/mol. The van der Waals surface area contributed by atoms with E-state index in [1.807, 2.05) is 17.1 Å². The lowest BCUT2D eigenvalue weighted by Gasteiger charge is -2.33. The summed E-state index contributed by atoms with van der Waals surface area (Å²) in [5, 5.41) is 25.9. The van der Waals surface area contributed by atoms with Crippen LogP contribution in [0.15, 0.2) is 53.8 Å². The molecule has 30 heavy (non-hydrogen) atoms. The molecule has 6 nitrogen and oxygen atoms in total. The number of hydrogen-bond donors (Lipinski definition) is 1. The summed E-state index contributed by atoms with van der Waals surface area (Å²) in [4.78, 5) is 11.4. The van der Waals surface area contributed by atoms with Crippen LogP contribution >= 0.6 is 11.6 Å². The van der Waals surface area contributed by atoms with E-state index in [2.05, 4.69) is 12.1 Å². The van der Waals surface area contributed by atoms with Crippen LogP contribution in [-0.4, -0.2) is 29.4 Å². The molecule has 1 N–H and O–H groups in total. The van der Waals surface area contributed by atoms with Gasteiger partial charge in [0.2, 0.25) is 0 Å². The number of halogens is 1. The fraction of sp³-hybridized carbons (Fsp3) is 0.261. The molecule has 2 aromatic carbocycles. The first-order chi connectivity index (χ1) is 14.6. The number of carboxylic acids is 1. The van der Waals surface area contributed by atoms with E-state index >= 15 is 0 Å². The molecule has 0 saturated carbocycles. The van der Waals surface area contributed by atoms with Gasteiger partial charge in [-0.25, -0.2) is 4.79 Å². The number of carboxylic acid groups (broad SMARTS) is 1. The van der Waals surface area contributed by atoms with Gasteiger partial charge in [0.1, 0.15) is 6.07 Å². The Bertz CT molecular complexity index is 1150. The van der Waals surface area contributed by atoms with Crippen molar-refractivity contribution in [1.82, 2.24) is 0 Å². The number of aryl methyl sites for hydroxylation is 1. The first-order valence-corrected chi connectivity index (χ1v) is 10.2. The smallest absolute Gasteiger partial charge is 0.335 e. The number of nitrogens with zero attached hydrogens (tertiary/aromatic N) is 3. The van der Waals surface area contributed by atoms with Gasteiger partial charge in [0.15, 0.2) is 0 Å². The molecule has 0 radical (unpaired) electrons. The number of rotatable bonds is 3. The second kappa shape index (κ2) is 7.19. The van der Waals surface area contributed by atoms with E-state index < -0.39 is 5.97 Å². The van der Waals surface area contributed by atoms with Crippen LogP contribution in [0, 0.1) is 23.2 Å². The number of ether oxygens (including phenoxy) is 1. The number of fused-ring (bicyclic) bond motifs is 3. The zero-order chi connectivity index (χ0) is 20.8. The van der Waals surface area contributed by atoms with Crippen LogP contribution in [0.1, 0.15) is 33.5 Å².